The zero-order chi connectivity index (χ0) is 23.6. The Morgan fingerprint density at radius 1 is 1.31 bits per heavy atom. The summed E-state index contributed by atoms with van der Waals surface area (Å²) in [6.07, 6.45) is 1.95. The van der Waals surface area contributed by atoms with Crippen molar-refractivity contribution in [3.8, 4) is 6.07 Å². The molecule has 1 atom stereocenters. The molecule has 0 saturated carbocycles. The van der Waals surface area contributed by atoms with Crippen LogP contribution < -0.4 is 10.9 Å². The highest BCUT2D eigenvalue weighted by Crippen LogP contribution is 2.23. The molecule has 0 radical (unpaired) electrons. The number of likely N-dealkylation sites (N-methyl/N-ethyl adjacent to an activating group) is 1. The van der Waals surface area contributed by atoms with Gasteiger partial charge in [0.15, 0.2) is 0 Å². The van der Waals surface area contributed by atoms with Crippen LogP contribution in [0.4, 0.5) is 4.39 Å². The van der Waals surface area contributed by atoms with Gasteiger partial charge in [-0.3, -0.25) is 14.4 Å². The molecule has 3 rings (SSSR count). The second-order valence-corrected chi connectivity index (χ2v) is 8.38. The summed E-state index contributed by atoms with van der Waals surface area (Å²) in [6.45, 7) is 2.94. The average molecular weight is 439 g/mol. The largest absolute Gasteiger partial charge is 0.348 e. The van der Waals surface area contributed by atoms with Crippen LogP contribution in [-0.2, 0) is 20.0 Å². The first-order valence-corrected chi connectivity index (χ1v) is 10.3. The highest BCUT2D eigenvalue weighted by Gasteiger charge is 2.29. The Kier molecular flexibility index (Phi) is 6.75. The van der Waals surface area contributed by atoms with Gasteiger partial charge in [0.1, 0.15) is 11.4 Å². The number of nitrogens with one attached hydrogen (secondary N) is 1. The van der Waals surface area contributed by atoms with Crippen molar-refractivity contribution >= 4 is 11.8 Å². The van der Waals surface area contributed by atoms with Gasteiger partial charge in [-0.1, -0.05) is 0 Å². The molecule has 0 bridgehead atoms. The number of pyridine rings is 1. The first kappa shape index (κ1) is 23.2. The van der Waals surface area contributed by atoms with Crippen molar-refractivity contribution in [3.05, 3.63) is 68.4 Å². The molecule has 2 aromatic rings. The number of benzene rings is 1. The maximum atomic E-state index is 13.8. The number of aromatic nitrogens is 1. The molecule has 1 aliphatic rings. The van der Waals surface area contributed by atoms with Crippen molar-refractivity contribution in [2.45, 2.75) is 25.9 Å². The lowest BCUT2D eigenvalue weighted by molar-refractivity contribution is 0.0733. The molecule has 1 aromatic carbocycles. The van der Waals surface area contributed by atoms with E-state index in [-0.39, 0.29) is 41.4 Å². The molecule has 1 unspecified atom stereocenters. The van der Waals surface area contributed by atoms with E-state index < -0.39 is 17.6 Å². The number of fused-ring (bicyclic) bond motifs is 1. The van der Waals surface area contributed by atoms with E-state index in [1.807, 2.05) is 32.0 Å². The molecule has 1 aliphatic heterocycles. The summed E-state index contributed by atoms with van der Waals surface area (Å²) < 4.78 is 15.1. The van der Waals surface area contributed by atoms with Crippen LogP contribution in [0.5, 0.6) is 0 Å². The van der Waals surface area contributed by atoms with Crippen LogP contribution in [0.2, 0.25) is 0 Å². The summed E-state index contributed by atoms with van der Waals surface area (Å²) >= 11 is 0. The zero-order valence-corrected chi connectivity index (χ0v) is 18.6. The van der Waals surface area contributed by atoms with Gasteiger partial charge < -0.3 is 19.7 Å². The van der Waals surface area contributed by atoms with E-state index in [1.54, 1.807) is 13.2 Å². The van der Waals surface area contributed by atoms with E-state index in [4.69, 9.17) is 5.26 Å². The van der Waals surface area contributed by atoms with Gasteiger partial charge in [-0.05, 0) is 56.8 Å². The molecule has 1 aromatic heterocycles. The van der Waals surface area contributed by atoms with E-state index in [1.165, 1.54) is 15.5 Å². The molecule has 0 aliphatic carbocycles. The highest BCUT2D eigenvalue weighted by molar-refractivity contribution is 5.97. The number of rotatable bonds is 5. The molecule has 32 heavy (non-hydrogen) atoms. The Morgan fingerprint density at radius 2 is 2.03 bits per heavy atom. The fraction of sp³-hybridized carbons (Fsp3) is 0.391. The minimum absolute atomic E-state index is 0.0685. The van der Waals surface area contributed by atoms with Crippen LogP contribution in [0.3, 0.4) is 0 Å². The van der Waals surface area contributed by atoms with Gasteiger partial charge in [0.2, 0.25) is 0 Å². The SMILES string of the molecule is CC(CN(C)C)NC(=O)c1c2c(cn(C)c1=O)CN(C(=O)c1cc(F)cc(C#N)c1)CC2. The number of nitrogens with zero attached hydrogens (tertiary/aromatic N) is 4. The van der Waals surface area contributed by atoms with Crippen molar-refractivity contribution in [1.29, 1.82) is 5.26 Å². The Balaban J connectivity index is 1.90. The number of hydrogen-bond acceptors (Lipinski definition) is 5. The van der Waals surface area contributed by atoms with Crippen LogP contribution in [0.25, 0.3) is 0 Å². The smallest absolute Gasteiger partial charge is 0.263 e. The lowest BCUT2D eigenvalue weighted by atomic mass is 9.95. The maximum Gasteiger partial charge on any atom is 0.263 e. The second kappa shape index (κ2) is 9.32. The van der Waals surface area contributed by atoms with Crippen molar-refractivity contribution in [2.24, 2.45) is 7.05 Å². The topological polar surface area (TPSA) is 98.4 Å². The van der Waals surface area contributed by atoms with Gasteiger partial charge >= 0.3 is 0 Å². The van der Waals surface area contributed by atoms with E-state index >= 15 is 0 Å². The van der Waals surface area contributed by atoms with E-state index in [9.17, 15) is 18.8 Å². The molecular weight excluding hydrogens is 413 g/mol. The number of carbonyl (C=O) groups excluding carboxylic acids is 2. The molecule has 2 amide bonds. The van der Waals surface area contributed by atoms with E-state index in [2.05, 4.69) is 5.32 Å². The summed E-state index contributed by atoms with van der Waals surface area (Å²) in [5.41, 5.74) is 1.18. The number of hydrogen-bond donors (Lipinski definition) is 1. The Morgan fingerprint density at radius 3 is 2.69 bits per heavy atom. The lowest BCUT2D eigenvalue weighted by Crippen LogP contribution is -2.44. The van der Waals surface area contributed by atoms with Crippen molar-refractivity contribution < 1.29 is 14.0 Å². The molecule has 2 heterocycles. The predicted octanol–water partition coefficient (Wildman–Crippen LogP) is 1.27. The molecule has 168 valence electrons. The van der Waals surface area contributed by atoms with Gasteiger partial charge in [0.25, 0.3) is 17.4 Å². The highest BCUT2D eigenvalue weighted by atomic mass is 19.1. The molecule has 0 spiro atoms. The number of amides is 2. The van der Waals surface area contributed by atoms with Crippen LogP contribution in [-0.4, -0.2) is 59.4 Å². The van der Waals surface area contributed by atoms with Gasteiger partial charge in [-0.25, -0.2) is 4.39 Å². The number of aryl methyl sites for hydroxylation is 1. The van der Waals surface area contributed by atoms with Crippen LogP contribution in [0, 0.1) is 17.1 Å². The third-order valence-electron chi connectivity index (χ3n) is 5.37. The minimum Gasteiger partial charge on any atom is -0.348 e. The Labute approximate surface area is 185 Å². The summed E-state index contributed by atoms with van der Waals surface area (Å²) in [7, 11) is 5.36. The van der Waals surface area contributed by atoms with Gasteiger partial charge in [-0.2, -0.15) is 5.26 Å². The second-order valence-electron chi connectivity index (χ2n) is 8.38. The minimum atomic E-state index is -0.655. The van der Waals surface area contributed by atoms with Crippen LogP contribution >= 0.6 is 0 Å². The monoisotopic (exact) mass is 439 g/mol. The maximum absolute atomic E-state index is 13.8. The van der Waals surface area contributed by atoms with Crippen molar-refractivity contribution in [3.63, 3.8) is 0 Å². The summed E-state index contributed by atoms with van der Waals surface area (Å²) in [6, 6.07) is 5.22. The third kappa shape index (κ3) is 4.86. The fourth-order valence-electron chi connectivity index (χ4n) is 4.05. The van der Waals surface area contributed by atoms with E-state index in [0.717, 1.165) is 12.1 Å². The average Bonchev–Trinajstić information content (AvgIpc) is 2.72. The summed E-state index contributed by atoms with van der Waals surface area (Å²) in [5, 5.41) is 11.9. The van der Waals surface area contributed by atoms with Gasteiger partial charge in [0.05, 0.1) is 11.6 Å². The molecule has 0 fully saturated rings. The van der Waals surface area contributed by atoms with Gasteiger partial charge in [0, 0.05) is 44.5 Å². The van der Waals surface area contributed by atoms with Gasteiger partial charge in [-0.15, -0.1) is 0 Å². The molecule has 0 saturated heterocycles. The van der Waals surface area contributed by atoms with Crippen molar-refractivity contribution in [2.75, 3.05) is 27.2 Å². The normalized spacial score (nSPS) is 14.0. The van der Waals surface area contributed by atoms with Crippen molar-refractivity contribution in [1.82, 2.24) is 19.7 Å². The summed E-state index contributed by atoms with van der Waals surface area (Å²) in [5.74, 6) is -1.50. The standard InChI is InChI=1S/C23H26FN5O3/c1-14(11-27(2)3)26-21(30)20-19-5-6-29(13-17(19)12-28(4)23(20)32)22(31)16-7-15(10-25)8-18(24)9-16/h7-9,12,14H,5-6,11,13H2,1-4H3,(H,26,30). The third-order valence-corrected chi connectivity index (χ3v) is 5.37. The Hall–Kier alpha value is -3.51. The Bertz CT molecular complexity index is 1170. The number of nitriles is 1. The van der Waals surface area contributed by atoms with Crippen LogP contribution in [0.15, 0.2) is 29.2 Å². The quantitative estimate of drug-likeness (QED) is 0.757. The molecule has 9 heteroatoms. The summed E-state index contributed by atoms with van der Waals surface area (Å²) in [4.78, 5) is 42.1. The number of halogens is 1. The fourth-order valence-corrected chi connectivity index (χ4v) is 4.05. The first-order valence-electron chi connectivity index (χ1n) is 10.3. The first-order chi connectivity index (χ1) is 15.1. The van der Waals surface area contributed by atoms with E-state index in [0.29, 0.717) is 24.1 Å². The van der Waals surface area contributed by atoms with Crippen LogP contribution in [0.1, 0.15) is 44.3 Å². The molecule has 8 nitrogen and oxygen atoms in total. The molecule has 1 N–H and O–H groups in total. The predicted molar refractivity (Wildman–Crippen MR) is 117 cm³/mol. The molecular formula is C23H26FN5O3. The zero-order valence-electron chi connectivity index (χ0n) is 18.6. The lowest BCUT2D eigenvalue weighted by Gasteiger charge is -2.30. The number of carbonyl (C=O) groups is 2.